The van der Waals surface area contributed by atoms with Crippen LogP contribution in [0.1, 0.15) is 24.5 Å². The second kappa shape index (κ2) is 6.99. The number of anilines is 3. The van der Waals surface area contributed by atoms with E-state index in [4.69, 9.17) is 16.2 Å². The topological polar surface area (TPSA) is 93.5 Å². The average Bonchev–Trinajstić information content (AvgIpc) is 2.65. The number of ether oxygens (including phenoxy) is 1. The predicted molar refractivity (Wildman–Crippen MR) is 104 cm³/mol. The summed E-state index contributed by atoms with van der Waals surface area (Å²) in [6.07, 6.45) is 1.97. The maximum absolute atomic E-state index is 5.96. The Labute approximate surface area is 154 Å². The summed E-state index contributed by atoms with van der Waals surface area (Å²) >= 11 is 0. The molecule has 1 saturated heterocycles. The molecule has 4 rings (SSSR count). The summed E-state index contributed by atoms with van der Waals surface area (Å²) in [6.45, 7) is 3.71. The van der Waals surface area contributed by atoms with Crippen LogP contribution in [0.5, 0.6) is 5.75 Å². The number of aromatic nitrogens is 2. The summed E-state index contributed by atoms with van der Waals surface area (Å²) in [4.78, 5) is 13.6. The maximum atomic E-state index is 5.96. The molecule has 1 aromatic carbocycles. The number of nitrogens with zero attached hydrogens (tertiary/aromatic N) is 4. The maximum Gasteiger partial charge on any atom is 0.222 e. The Morgan fingerprint density at radius 3 is 2.27 bits per heavy atom. The second-order valence-corrected chi connectivity index (χ2v) is 7.11. The monoisotopic (exact) mass is 354 g/mol. The largest absolute Gasteiger partial charge is 0.497 e. The highest BCUT2D eigenvalue weighted by Crippen LogP contribution is 2.36. The number of rotatable bonds is 4. The lowest BCUT2D eigenvalue weighted by molar-refractivity contribution is 0.345. The smallest absolute Gasteiger partial charge is 0.222 e. The van der Waals surface area contributed by atoms with Gasteiger partial charge in [0.2, 0.25) is 5.95 Å². The lowest BCUT2D eigenvalue weighted by atomic mass is 9.78. The van der Waals surface area contributed by atoms with Gasteiger partial charge in [-0.3, -0.25) is 0 Å². The van der Waals surface area contributed by atoms with Gasteiger partial charge in [-0.15, -0.1) is 0 Å². The van der Waals surface area contributed by atoms with Crippen LogP contribution in [0.4, 0.5) is 17.5 Å². The van der Waals surface area contributed by atoms with E-state index in [1.54, 1.807) is 7.11 Å². The lowest BCUT2D eigenvalue weighted by Gasteiger charge is -2.37. The van der Waals surface area contributed by atoms with E-state index in [9.17, 15) is 0 Å². The minimum Gasteiger partial charge on any atom is -0.497 e. The summed E-state index contributed by atoms with van der Waals surface area (Å²) < 4.78 is 5.23. The highest BCUT2D eigenvalue weighted by Gasteiger charge is 2.30. The Hall–Kier alpha value is -2.54. The molecule has 1 aliphatic carbocycles. The highest BCUT2D eigenvalue weighted by molar-refractivity contribution is 5.52. The Kier molecular flexibility index (Phi) is 4.55. The van der Waals surface area contributed by atoms with Crippen molar-refractivity contribution in [1.29, 1.82) is 0 Å². The van der Waals surface area contributed by atoms with Crippen LogP contribution in [-0.4, -0.2) is 49.3 Å². The van der Waals surface area contributed by atoms with Crippen LogP contribution in [0.15, 0.2) is 30.3 Å². The molecule has 1 aromatic heterocycles. The second-order valence-electron chi connectivity index (χ2n) is 7.11. The van der Waals surface area contributed by atoms with Crippen LogP contribution < -0.4 is 26.0 Å². The molecule has 2 heterocycles. The molecule has 0 atom stereocenters. The van der Waals surface area contributed by atoms with Crippen molar-refractivity contribution in [2.75, 3.05) is 48.8 Å². The van der Waals surface area contributed by atoms with Crippen molar-refractivity contribution in [2.45, 2.75) is 24.8 Å². The third kappa shape index (κ3) is 3.39. The fourth-order valence-corrected chi connectivity index (χ4v) is 3.73. The van der Waals surface area contributed by atoms with Crippen LogP contribution in [0.3, 0.4) is 0 Å². The number of piperazine rings is 1. The molecule has 0 radical (unpaired) electrons. The highest BCUT2D eigenvalue weighted by atomic mass is 16.5. The van der Waals surface area contributed by atoms with Crippen molar-refractivity contribution >= 4 is 17.5 Å². The van der Waals surface area contributed by atoms with Gasteiger partial charge in [-0.05, 0) is 37.1 Å². The SMILES string of the molecule is COc1ccc(N2CCN(c3cc(C4CC(N)C4)nc(N)n3)CC2)cc1. The zero-order valence-electron chi connectivity index (χ0n) is 15.1. The third-order valence-corrected chi connectivity index (χ3v) is 5.38. The van der Waals surface area contributed by atoms with Crippen molar-refractivity contribution in [3.8, 4) is 5.75 Å². The Morgan fingerprint density at radius 1 is 1.00 bits per heavy atom. The summed E-state index contributed by atoms with van der Waals surface area (Å²) in [5, 5.41) is 0. The van der Waals surface area contributed by atoms with Crippen LogP contribution >= 0.6 is 0 Å². The molecule has 1 aliphatic heterocycles. The first-order valence-electron chi connectivity index (χ1n) is 9.16. The number of hydrogen-bond acceptors (Lipinski definition) is 7. The number of methoxy groups -OCH3 is 1. The average molecular weight is 354 g/mol. The number of nitrogen functional groups attached to an aromatic ring is 1. The summed E-state index contributed by atoms with van der Waals surface area (Å²) in [6, 6.07) is 10.6. The van der Waals surface area contributed by atoms with Gasteiger partial charge in [0, 0.05) is 49.9 Å². The first-order chi connectivity index (χ1) is 12.6. The van der Waals surface area contributed by atoms with E-state index >= 15 is 0 Å². The minimum absolute atomic E-state index is 0.299. The fraction of sp³-hybridized carbons (Fsp3) is 0.474. The molecule has 7 heteroatoms. The third-order valence-electron chi connectivity index (χ3n) is 5.38. The molecule has 1 saturated carbocycles. The van der Waals surface area contributed by atoms with Gasteiger partial charge in [0.05, 0.1) is 12.8 Å². The van der Waals surface area contributed by atoms with E-state index in [-0.39, 0.29) is 0 Å². The van der Waals surface area contributed by atoms with E-state index in [0.29, 0.717) is 17.9 Å². The Morgan fingerprint density at radius 2 is 1.65 bits per heavy atom. The molecule has 138 valence electrons. The van der Waals surface area contributed by atoms with Gasteiger partial charge in [0.25, 0.3) is 0 Å². The molecule has 0 unspecified atom stereocenters. The van der Waals surface area contributed by atoms with Gasteiger partial charge in [0.15, 0.2) is 0 Å². The molecule has 0 spiro atoms. The first kappa shape index (κ1) is 16.9. The molecule has 7 nitrogen and oxygen atoms in total. The van der Waals surface area contributed by atoms with Crippen molar-refractivity contribution in [2.24, 2.45) is 5.73 Å². The van der Waals surface area contributed by atoms with Gasteiger partial charge >= 0.3 is 0 Å². The standard InChI is InChI=1S/C19H26N6O/c1-26-16-4-2-15(3-5-16)24-6-8-25(9-7-24)18-12-17(22-19(21)23-18)13-10-14(20)11-13/h2-5,12-14H,6-11,20H2,1H3,(H2,21,22,23). The molecular formula is C19H26N6O. The van der Waals surface area contributed by atoms with Gasteiger partial charge in [0.1, 0.15) is 11.6 Å². The zero-order valence-corrected chi connectivity index (χ0v) is 15.1. The van der Waals surface area contributed by atoms with E-state index in [0.717, 1.165) is 56.3 Å². The number of benzene rings is 1. The van der Waals surface area contributed by atoms with E-state index in [2.05, 4.69) is 38.0 Å². The fourth-order valence-electron chi connectivity index (χ4n) is 3.73. The molecule has 0 bridgehead atoms. The summed E-state index contributed by atoms with van der Waals surface area (Å²) in [5.41, 5.74) is 14.1. The van der Waals surface area contributed by atoms with E-state index in [1.165, 1.54) is 5.69 Å². The molecule has 4 N–H and O–H groups in total. The minimum atomic E-state index is 0.299. The summed E-state index contributed by atoms with van der Waals surface area (Å²) in [7, 11) is 1.69. The van der Waals surface area contributed by atoms with Gasteiger partial charge in [-0.2, -0.15) is 4.98 Å². The van der Waals surface area contributed by atoms with E-state index < -0.39 is 0 Å². The van der Waals surface area contributed by atoms with Crippen LogP contribution in [-0.2, 0) is 0 Å². The van der Waals surface area contributed by atoms with Gasteiger partial charge in [-0.1, -0.05) is 0 Å². The van der Waals surface area contributed by atoms with Crippen molar-refractivity contribution < 1.29 is 4.74 Å². The molecule has 2 aromatic rings. The van der Waals surface area contributed by atoms with E-state index in [1.807, 2.05) is 12.1 Å². The quantitative estimate of drug-likeness (QED) is 0.861. The Balaban J connectivity index is 1.42. The molecule has 26 heavy (non-hydrogen) atoms. The van der Waals surface area contributed by atoms with Crippen molar-refractivity contribution in [3.05, 3.63) is 36.0 Å². The molecule has 2 fully saturated rings. The van der Waals surface area contributed by atoms with Crippen molar-refractivity contribution in [1.82, 2.24) is 9.97 Å². The molecular weight excluding hydrogens is 328 g/mol. The normalized spacial score (nSPS) is 22.8. The lowest BCUT2D eigenvalue weighted by Crippen LogP contribution is -2.47. The number of nitrogens with two attached hydrogens (primary N) is 2. The predicted octanol–water partition coefficient (Wildman–Crippen LogP) is 1.60. The van der Waals surface area contributed by atoms with Crippen LogP contribution in [0.2, 0.25) is 0 Å². The molecule has 2 aliphatic rings. The first-order valence-corrected chi connectivity index (χ1v) is 9.16. The molecule has 0 amide bonds. The van der Waals surface area contributed by atoms with Crippen LogP contribution in [0.25, 0.3) is 0 Å². The van der Waals surface area contributed by atoms with Crippen LogP contribution in [0, 0.1) is 0 Å². The Bertz CT molecular complexity index is 751. The van der Waals surface area contributed by atoms with Gasteiger partial charge in [-0.25, -0.2) is 4.98 Å². The van der Waals surface area contributed by atoms with Gasteiger partial charge < -0.3 is 26.0 Å². The number of hydrogen-bond donors (Lipinski definition) is 2. The summed E-state index contributed by atoms with van der Waals surface area (Å²) in [5.74, 6) is 2.60. The van der Waals surface area contributed by atoms with Crippen molar-refractivity contribution in [3.63, 3.8) is 0 Å². The zero-order chi connectivity index (χ0) is 18.1.